The molecule has 3 N–H and O–H groups in total. The first-order valence-corrected chi connectivity index (χ1v) is 5.81. The van der Waals surface area contributed by atoms with Crippen molar-refractivity contribution in [1.29, 1.82) is 0 Å². The molecule has 1 saturated heterocycles. The van der Waals surface area contributed by atoms with Crippen molar-refractivity contribution in [3.05, 3.63) is 23.2 Å². The smallest absolute Gasteiger partial charge is 0.339 e. The summed E-state index contributed by atoms with van der Waals surface area (Å²) in [6, 6.07) is 1.54. The van der Waals surface area contributed by atoms with E-state index in [1.54, 1.807) is 6.92 Å². The van der Waals surface area contributed by atoms with Crippen molar-refractivity contribution in [1.82, 2.24) is 4.90 Å². The second-order valence-corrected chi connectivity index (χ2v) is 4.61. The number of amides is 1. The first-order chi connectivity index (χ1) is 8.47. The van der Waals surface area contributed by atoms with Gasteiger partial charge in [0.2, 0.25) is 5.91 Å². The molecule has 0 bridgehead atoms. The highest BCUT2D eigenvalue weighted by molar-refractivity contribution is 5.88. The maximum Gasteiger partial charge on any atom is 0.339 e. The Labute approximate surface area is 104 Å². The van der Waals surface area contributed by atoms with Crippen LogP contribution in [-0.4, -0.2) is 35.0 Å². The first kappa shape index (κ1) is 12.6. The van der Waals surface area contributed by atoms with E-state index in [-0.39, 0.29) is 17.4 Å². The molecule has 1 fully saturated rings. The second-order valence-electron chi connectivity index (χ2n) is 4.61. The summed E-state index contributed by atoms with van der Waals surface area (Å²) < 4.78 is 5.39. The van der Waals surface area contributed by atoms with Crippen molar-refractivity contribution in [2.75, 3.05) is 13.1 Å². The summed E-state index contributed by atoms with van der Waals surface area (Å²) >= 11 is 0. The third-order valence-electron chi connectivity index (χ3n) is 3.25. The molecule has 1 unspecified atom stereocenters. The van der Waals surface area contributed by atoms with Crippen LogP contribution >= 0.6 is 0 Å². The average molecular weight is 252 g/mol. The Kier molecular flexibility index (Phi) is 3.38. The van der Waals surface area contributed by atoms with Crippen molar-refractivity contribution < 1.29 is 19.1 Å². The molecule has 2 heterocycles. The van der Waals surface area contributed by atoms with Crippen LogP contribution in [-0.2, 0) is 11.3 Å². The third kappa shape index (κ3) is 2.53. The van der Waals surface area contributed by atoms with E-state index in [2.05, 4.69) is 0 Å². The molecule has 2 rings (SSSR count). The highest BCUT2D eigenvalue weighted by Gasteiger charge is 2.27. The minimum absolute atomic E-state index is 0.111. The van der Waals surface area contributed by atoms with Gasteiger partial charge in [0.05, 0.1) is 12.5 Å². The molecule has 6 nitrogen and oxygen atoms in total. The van der Waals surface area contributed by atoms with Gasteiger partial charge in [0.15, 0.2) is 0 Å². The van der Waals surface area contributed by atoms with Crippen LogP contribution in [0.3, 0.4) is 0 Å². The Morgan fingerprint density at radius 1 is 1.61 bits per heavy atom. The number of nitrogens with zero attached hydrogens (tertiary/aromatic N) is 1. The molecule has 0 saturated carbocycles. The summed E-state index contributed by atoms with van der Waals surface area (Å²) in [6.45, 7) is 3.52. The van der Waals surface area contributed by atoms with Gasteiger partial charge in [-0.05, 0) is 26.0 Å². The lowest BCUT2D eigenvalue weighted by Gasteiger charge is -2.12. The Balaban J connectivity index is 2.01. The summed E-state index contributed by atoms with van der Waals surface area (Å²) in [5.41, 5.74) is 5.44. The molecule has 1 aliphatic rings. The number of aromatic carboxylic acids is 1. The number of carboxylic acid groups (broad SMARTS) is 1. The van der Waals surface area contributed by atoms with E-state index in [9.17, 15) is 9.59 Å². The molecule has 1 aromatic rings. The fourth-order valence-corrected chi connectivity index (χ4v) is 2.26. The fraction of sp³-hybridized carbons (Fsp3) is 0.500. The molecule has 0 spiro atoms. The van der Waals surface area contributed by atoms with Gasteiger partial charge in [0.25, 0.3) is 0 Å². The van der Waals surface area contributed by atoms with Crippen LogP contribution in [0, 0.1) is 12.8 Å². The zero-order valence-corrected chi connectivity index (χ0v) is 10.2. The monoisotopic (exact) mass is 252 g/mol. The lowest BCUT2D eigenvalue weighted by Crippen LogP contribution is -2.27. The third-order valence-corrected chi connectivity index (χ3v) is 3.25. The van der Waals surface area contributed by atoms with Gasteiger partial charge in [-0.15, -0.1) is 0 Å². The standard InChI is InChI=1S/C12H16N2O4/c1-7-10(12(16)17)4-9(18-7)6-14-3-2-8(5-14)11(13)15/h4,8H,2-3,5-6H2,1H3,(H2,13,15)(H,16,17). The largest absolute Gasteiger partial charge is 0.478 e. The van der Waals surface area contributed by atoms with E-state index in [1.165, 1.54) is 6.07 Å². The van der Waals surface area contributed by atoms with Crippen molar-refractivity contribution in [2.24, 2.45) is 11.7 Å². The number of likely N-dealkylation sites (tertiary alicyclic amines) is 1. The number of hydrogen-bond acceptors (Lipinski definition) is 4. The number of furan rings is 1. The number of aryl methyl sites for hydroxylation is 1. The van der Waals surface area contributed by atoms with Gasteiger partial charge in [-0.3, -0.25) is 9.69 Å². The van der Waals surface area contributed by atoms with E-state index < -0.39 is 5.97 Å². The molecular weight excluding hydrogens is 236 g/mol. The molecule has 1 amide bonds. The number of hydrogen-bond donors (Lipinski definition) is 2. The summed E-state index contributed by atoms with van der Waals surface area (Å²) in [4.78, 5) is 24.0. The summed E-state index contributed by atoms with van der Waals surface area (Å²) in [5.74, 6) is -0.364. The number of rotatable bonds is 4. The number of carbonyl (C=O) groups excluding carboxylic acids is 1. The van der Waals surface area contributed by atoms with Gasteiger partial charge >= 0.3 is 5.97 Å². The molecule has 6 heteroatoms. The minimum atomic E-state index is -0.987. The van der Waals surface area contributed by atoms with Gasteiger partial charge in [0, 0.05) is 6.54 Å². The van der Waals surface area contributed by atoms with E-state index in [1.807, 2.05) is 4.90 Å². The van der Waals surface area contributed by atoms with Crippen molar-refractivity contribution in [2.45, 2.75) is 19.9 Å². The zero-order chi connectivity index (χ0) is 13.3. The molecule has 0 aliphatic carbocycles. The molecule has 0 radical (unpaired) electrons. The normalized spacial score (nSPS) is 20.2. The van der Waals surface area contributed by atoms with Crippen LogP contribution in [0.2, 0.25) is 0 Å². The van der Waals surface area contributed by atoms with Crippen LogP contribution in [0.1, 0.15) is 28.3 Å². The number of nitrogens with two attached hydrogens (primary N) is 1. The predicted molar refractivity (Wildman–Crippen MR) is 63.0 cm³/mol. The van der Waals surface area contributed by atoms with Gasteiger partial charge in [-0.25, -0.2) is 4.79 Å². The zero-order valence-electron chi connectivity index (χ0n) is 10.2. The van der Waals surface area contributed by atoms with E-state index >= 15 is 0 Å². The minimum Gasteiger partial charge on any atom is -0.478 e. The quantitative estimate of drug-likeness (QED) is 0.817. The van der Waals surface area contributed by atoms with Gasteiger partial charge in [0.1, 0.15) is 17.1 Å². The van der Waals surface area contributed by atoms with Crippen molar-refractivity contribution in [3.8, 4) is 0 Å². The highest BCUT2D eigenvalue weighted by Crippen LogP contribution is 2.21. The Hall–Kier alpha value is -1.82. The number of primary amides is 1. The lowest BCUT2D eigenvalue weighted by molar-refractivity contribution is -0.121. The van der Waals surface area contributed by atoms with Crippen LogP contribution in [0.15, 0.2) is 10.5 Å². The van der Waals surface area contributed by atoms with Crippen LogP contribution in [0.5, 0.6) is 0 Å². The first-order valence-electron chi connectivity index (χ1n) is 5.81. The van der Waals surface area contributed by atoms with E-state index in [0.717, 1.165) is 13.0 Å². The van der Waals surface area contributed by atoms with E-state index in [4.69, 9.17) is 15.3 Å². The molecule has 1 atom stereocenters. The Morgan fingerprint density at radius 2 is 2.33 bits per heavy atom. The molecular formula is C12H16N2O4. The lowest BCUT2D eigenvalue weighted by atomic mass is 10.1. The Bertz CT molecular complexity index is 480. The summed E-state index contributed by atoms with van der Waals surface area (Å²) in [5, 5.41) is 8.92. The second kappa shape index (κ2) is 4.81. The van der Waals surface area contributed by atoms with Gasteiger partial charge < -0.3 is 15.3 Å². The molecule has 18 heavy (non-hydrogen) atoms. The van der Waals surface area contributed by atoms with Crippen LogP contribution in [0.4, 0.5) is 0 Å². The fourth-order valence-electron chi connectivity index (χ4n) is 2.26. The highest BCUT2D eigenvalue weighted by atomic mass is 16.4. The Morgan fingerprint density at radius 3 is 2.83 bits per heavy atom. The molecule has 98 valence electrons. The maximum atomic E-state index is 11.0. The summed E-state index contributed by atoms with van der Waals surface area (Å²) in [6.07, 6.45) is 0.751. The average Bonchev–Trinajstić information content (AvgIpc) is 2.86. The maximum absolute atomic E-state index is 11.0. The molecule has 1 aliphatic heterocycles. The molecule has 1 aromatic heterocycles. The number of carbonyl (C=O) groups is 2. The SMILES string of the molecule is Cc1oc(CN2CCC(C(N)=O)C2)cc1C(=O)O. The number of carboxylic acids is 1. The van der Waals surface area contributed by atoms with Crippen molar-refractivity contribution >= 4 is 11.9 Å². The van der Waals surface area contributed by atoms with Crippen LogP contribution in [0.25, 0.3) is 0 Å². The van der Waals surface area contributed by atoms with E-state index in [0.29, 0.717) is 24.6 Å². The van der Waals surface area contributed by atoms with Crippen molar-refractivity contribution in [3.63, 3.8) is 0 Å². The predicted octanol–water partition coefficient (Wildman–Crippen LogP) is 0.593. The topological polar surface area (TPSA) is 96.8 Å². The van der Waals surface area contributed by atoms with Gasteiger partial charge in [-0.1, -0.05) is 0 Å². The molecule has 0 aromatic carbocycles. The van der Waals surface area contributed by atoms with Gasteiger partial charge in [-0.2, -0.15) is 0 Å². The van der Waals surface area contributed by atoms with Crippen LogP contribution < -0.4 is 5.73 Å². The summed E-state index contributed by atoms with van der Waals surface area (Å²) in [7, 11) is 0.